The zero-order valence-corrected chi connectivity index (χ0v) is 9.27. The Bertz CT molecular complexity index is 123. The molecule has 12 heavy (non-hydrogen) atoms. The van der Waals surface area contributed by atoms with Crippen LogP contribution in [-0.4, -0.2) is 5.38 Å². The fraction of sp³-hybridized carbons (Fsp3) is 1.00. The van der Waals surface area contributed by atoms with Crippen LogP contribution in [0, 0.1) is 17.8 Å². The van der Waals surface area contributed by atoms with Crippen molar-refractivity contribution in [1.29, 1.82) is 0 Å². The Morgan fingerprint density at radius 2 is 1.67 bits per heavy atom. The van der Waals surface area contributed by atoms with Crippen LogP contribution >= 0.6 is 11.6 Å². The smallest absolute Gasteiger partial charge is 0.0361 e. The highest BCUT2D eigenvalue weighted by molar-refractivity contribution is 6.20. The van der Waals surface area contributed by atoms with Crippen molar-refractivity contribution in [3.8, 4) is 0 Å². The van der Waals surface area contributed by atoms with E-state index in [1.807, 2.05) is 0 Å². The van der Waals surface area contributed by atoms with Crippen molar-refractivity contribution in [2.24, 2.45) is 17.8 Å². The van der Waals surface area contributed by atoms with Crippen molar-refractivity contribution in [1.82, 2.24) is 0 Å². The molecule has 0 N–H and O–H groups in total. The van der Waals surface area contributed by atoms with Crippen molar-refractivity contribution < 1.29 is 0 Å². The van der Waals surface area contributed by atoms with Gasteiger partial charge in [0.2, 0.25) is 0 Å². The highest BCUT2D eigenvalue weighted by Gasteiger charge is 2.27. The third kappa shape index (κ3) is 2.65. The zero-order valence-electron chi connectivity index (χ0n) is 8.52. The monoisotopic (exact) mass is 188 g/mol. The second kappa shape index (κ2) is 4.50. The molecule has 0 amide bonds. The zero-order chi connectivity index (χ0) is 9.14. The molecule has 0 nitrogen and oxygen atoms in total. The van der Waals surface area contributed by atoms with Gasteiger partial charge in [0, 0.05) is 5.38 Å². The Kier molecular flexibility index (Phi) is 3.89. The molecule has 0 aromatic heterocycles. The molecule has 1 saturated carbocycles. The summed E-state index contributed by atoms with van der Waals surface area (Å²) in [5.74, 6) is 2.58. The normalized spacial score (nSPS) is 39.5. The minimum absolute atomic E-state index is 0.426. The average Bonchev–Trinajstić information content (AvgIpc) is 2.01. The summed E-state index contributed by atoms with van der Waals surface area (Å²) in [7, 11) is 0. The molecule has 3 atom stereocenters. The van der Waals surface area contributed by atoms with Gasteiger partial charge >= 0.3 is 0 Å². The molecule has 0 aliphatic heterocycles. The second-order valence-electron chi connectivity index (χ2n) is 4.60. The van der Waals surface area contributed by atoms with E-state index in [2.05, 4.69) is 20.8 Å². The lowest BCUT2D eigenvalue weighted by molar-refractivity contribution is 0.212. The lowest BCUT2D eigenvalue weighted by Gasteiger charge is -2.33. The number of halogens is 1. The van der Waals surface area contributed by atoms with Crippen LogP contribution in [0.25, 0.3) is 0 Å². The van der Waals surface area contributed by atoms with Crippen molar-refractivity contribution in [2.45, 2.75) is 51.8 Å². The van der Waals surface area contributed by atoms with E-state index in [0.29, 0.717) is 5.38 Å². The summed E-state index contributed by atoms with van der Waals surface area (Å²) < 4.78 is 0. The Hall–Kier alpha value is 0.290. The first-order valence-corrected chi connectivity index (χ1v) is 5.71. The molecule has 0 radical (unpaired) electrons. The second-order valence-corrected chi connectivity index (χ2v) is 5.16. The summed E-state index contributed by atoms with van der Waals surface area (Å²) in [6.45, 7) is 6.92. The molecule has 0 saturated heterocycles. The molecule has 3 unspecified atom stereocenters. The summed E-state index contributed by atoms with van der Waals surface area (Å²) in [5.41, 5.74) is 0. The predicted molar refractivity (Wildman–Crippen MR) is 55.6 cm³/mol. The van der Waals surface area contributed by atoms with E-state index in [-0.39, 0.29) is 0 Å². The fourth-order valence-electron chi connectivity index (χ4n) is 2.64. The molecule has 0 spiro atoms. The molecule has 1 fully saturated rings. The number of hydrogen-bond donors (Lipinski definition) is 0. The maximum atomic E-state index is 6.27. The molecule has 1 rings (SSSR count). The summed E-state index contributed by atoms with van der Waals surface area (Å²) >= 11 is 6.27. The van der Waals surface area contributed by atoms with Gasteiger partial charge in [-0.1, -0.05) is 20.8 Å². The number of hydrogen-bond acceptors (Lipinski definition) is 0. The van der Waals surface area contributed by atoms with Crippen LogP contribution < -0.4 is 0 Å². The van der Waals surface area contributed by atoms with Crippen LogP contribution in [0.3, 0.4) is 0 Å². The highest BCUT2D eigenvalue weighted by atomic mass is 35.5. The standard InChI is InChI=1S/C11H21Cl/c1-4-11(12)10-6-8(2)5-9(3)7-10/h8-11H,4-7H2,1-3H3. The molecule has 1 aliphatic carbocycles. The molecule has 0 bridgehead atoms. The van der Waals surface area contributed by atoms with Crippen LogP contribution in [0.5, 0.6) is 0 Å². The van der Waals surface area contributed by atoms with E-state index in [0.717, 1.165) is 24.2 Å². The largest absolute Gasteiger partial charge is 0.123 e. The third-order valence-corrected chi connectivity index (χ3v) is 3.78. The molecule has 72 valence electrons. The Balaban J connectivity index is 2.43. The first-order valence-electron chi connectivity index (χ1n) is 5.27. The summed E-state index contributed by atoms with van der Waals surface area (Å²) in [6.07, 6.45) is 5.24. The molecule has 0 aromatic rings. The highest BCUT2D eigenvalue weighted by Crippen LogP contribution is 2.37. The van der Waals surface area contributed by atoms with E-state index in [1.165, 1.54) is 19.3 Å². The van der Waals surface area contributed by atoms with E-state index in [1.54, 1.807) is 0 Å². The number of alkyl halides is 1. The molecular formula is C11H21Cl. The van der Waals surface area contributed by atoms with Crippen molar-refractivity contribution in [3.05, 3.63) is 0 Å². The van der Waals surface area contributed by atoms with Crippen LogP contribution in [0.1, 0.15) is 46.5 Å². The first kappa shape index (κ1) is 10.4. The van der Waals surface area contributed by atoms with Crippen molar-refractivity contribution in [2.75, 3.05) is 0 Å². The fourth-order valence-corrected chi connectivity index (χ4v) is 2.84. The van der Waals surface area contributed by atoms with Gasteiger partial charge in [0.1, 0.15) is 0 Å². The van der Waals surface area contributed by atoms with Crippen LogP contribution in [0.2, 0.25) is 0 Å². The van der Waals surface area contributed by atoms with E-state index in [9.17, 15) is 0 Å². The SMILES string of the molecule is CCC(Cl)C1CC(C)CC(C)C1. The number of rotatable bonds is 2. The van der Waals surface area contributed by atoms with Gasteiger partial charge in [-0.15, -0.1) is 11.6 Å². The van der Waals surface area contributed by atoms with Crippen molar-refractivity contribution >= 4 is 11.6 Å². The molecule has 0 aromatic carbocycles. The minimum atomic E-state index is 0.426. The van der Waals surface area contributed by atoms with Gasteiger partial charge in [-0.2, -0.15) is 0 Å². The van der Waals surface area contributed by atoms with Gasteiger partial charge in [-0.05, 0) is 43.4 Å². The average molecular weight is 189 g/mol. The summed E-state index contributed by atoms with van der Waals surface area (Å²) in [6, 6.07) is 0. The first-order chi connectivity index (χ1) is 5.63. The minimum Gasteiger partial charge on any atom is -0.123 e. The quantitative estimate of drug-likeness (QED) is 0.573. The lowest BCUT2D eigenvalue weighted by atomic mass is 9.75. The van der Waals surface area contributed by atoms with Crippen LogP contribution in [0.15, 0.2) is 0 Å². The third-order valence-electron chi connectivity index (χ3n) is 3.12. The maximum absolute atomic E-state index is 6.27. The lowest BCUT2D eigenvalue weighted by Crippen LogP contribution is -2.25. The van der Waals surface area contributed by atoms with E-state index < -0.39 is 0 Å². The van der Waals surface area contributed by atoms with Crippen LogP contribution in [0.4, 0.5) is 0 Å². The Morgan fingerprint density at radius 3 is 2.08 bits per heavy atom. The summed E-state index contributed by atoms with van der Waals surface area (Å²) in [5, 5.41) is 0.426. The van der Waals surface area contributed by atoms with Crippen LogP contribution in [-0.2, 0) is 0 Å². The summed E-state index contributed by atoms with van der Waals surface area (Å²) in [4.78, 5) is 0. The molecule has 1 aliphatic rings. The van der Waals surface area contributed by atoms with E-state index in [4.69, 9.17) is 11.6 Å². The molecule has 0 heterocycles. The molecule has 1 heteroatoms. The van der Waals surface area contributed by atoms with Gasteiger partial charge in [-0.25, -0.2) is 0 Å². The van der Waals surface area contributed by atoms with Gasteiger partial charge < -0.3 is 0 Å². The van der Waals surface area contributed by atoms with Gasteiger partial charge in [0.05, 0.1) is 0 Å². The van der Waals surface area contributed by atoms with Gasteiger partial charge in [-0.3, -0.25) is 0 Å². The van der Waals surface area contributed by atoms with E-state index >= 15 is 0 Å². The van der Waals surface area contributed by atoms with Gasteiger partial charge in [0.15, 0.2) is 0 Å². The molecular weight excluding hydrogens is 168 g/mol. The Labute approximate surface area is 81.7 Å². The topological polar surface area (TPSA) is 0 Å². The maximum Gasteiger partial charge on any atom is 0.0361 e. The Morgan fingerprint density at radius 1 is 1.17 bits per heavy atom. The van der Waals surface area contributed by atoms with Crippen molar-refractivity contribution in [3.63, 3.8) is 0 Å². The predicted octanol–water partition coefficient (Wildman–Crippen LogP) is 4.08. The van der Waals surface area contributed by atoms with Gasteiger partial charge in [0.25, 0.3) is 0 Å².